The Hall–Kier alpha value is -2.30. The molecule has 0 amide bonds. The van der Waals surface area contributed by atoms with Crippen molar-refractivity contribution >= 4 is 23.4 Å². The molecule has 1 aliphatic heterocycles. The molecule has 1 aromatic rings. The Balaban J connectivity index is 2.60. The van der Waals surface area contributed by atoms with Crippen molar-refractivity contribution in [2.45, 2.75) is 13.3 Å². The van der Waals surface area contributed by atoms with Crippen molar-refractivity contribution in [1.82, 2.24) is 0 Å². The highest BCUT2D eigenvalue weighted by Crippen LogP contribution is 2.37. The Morgan fingerprint density at radius 3 is 2.40 bits per heavy atom. The van der Waals surface area contributed by atoms with Gasteiger partial charge in [-0.25, -0.2) is 4.79 Å². The first-order valence-corrected chi connectivity index (χ1v) is 6.18. The first kappa shape index (κ1) is 14.1. The Morgan fingerprint density at radius 1 is 1.15 bits per heavy atom. The molecule has 0 fully saturated rings. The van der Waals surface area contributed by atoms with Gasteiger partial charge < -0.3 is 14.2 Å². The molecule has 106 valence electrons. The summed E-state index contributed by atoms with van der Waals surface area (Å²) in [5, 5.41) is 0. The number of ether oxygens (including phenoxy) is 3. The number of rotatable bonds is 3. The number of fused-ring (bicyclic) bond motifs is 1. The van der Waals surface area contributed by atoms with Gasteiger partial charge in [-0.05, 0) is 19.1 Å². The topological polar surface area (TPSA) is 57.1 Å². The lowest BCUT2D eigenvalue weighted by atomic mass is 10.1. The van der Waals surface area contributed by atoms with Crippen LogP contribution in [0.4, 0.5) is 5.69 Å². The van der Waals surface area contributed by atoms with Crippen LogP contribution in [-0.2, 0) is 9.53 Å². The summed E-state index contributed by atoms with van der Waals surface area (Å²) in [4.78, 5) is 16.3. The van der Waals surface area contributed by atoms with E-state index in [2.05, 4.69) is 4.99 Å². The lowest BCUT2D eigenvalue weighted by molar-refractivity contribution is -0.136. The molecule has 0 aromatic heterocycles. The summed E-state index contributed by atoms with van der Waals surface area (Å²) in [6, 6.07) is 3.60. The van der Waals surface area contributed by atoms with Gasteiger partial charge in [0.1, 0.15) is 0 Å². The van der Waals surface area contributed by atoms with Crippen LogP contribution in [0.2, 0.25) is 0 Å². The van der Waals surface area contributed by atoms with Gasteiger partial charge in [0.15, 0.2) is 11.5 Å². The number of methoxy groups -OCH3 is 3. The number of hydrogen-bond acceptors (Lipinski definition) is 5. The molecule has 1 heterocycles. The van der Waals surface area contributed by atoms with Gasteiger partial charge >= 0.3 is 5.97 Å². The van der Waals surface area contributed by atoms with E-state index in [-0.39, 0.29) is 5.97 Å². The maximum Gasteiger partial charge on any atom is 0.334 e. The summed E-state index contributed by atoms with van der Waals surface area (Å²) >= 11 is 0. The molecule has 0 saturated heterocycles. The minimum atomic E-state index is -0.345. The molecule has 0 radical (unpaired) electrons. The first-order chi connectivity index (χ1) is 9.58. The van der Waals surface area contributed by atoms with E-state index in [0.29, 0.717) is 23.5 Å². The highest BCUT2D eigenvalue weighted by atomic mass is 16.5. The van der Waals surface area contributed by atoms with E-state index < -0.39 is 0 Å². The maximum atomic E-state index is 11.8. The van der Waals surface area contributed by atoms with E-state index in [0.717, 1.165) is 17.0 Å². The zero-order valence-corrected chi connectivity index (χ0v) is 12.0. The highest BCUT2D eigenvalue weighted by molar-refractivity contribution is 6.03. The predicted octanol–water partition coefficient (Wildman–Crippen LogP) is 2.76. The van der Waals surface area contributed by atoms with Crippen LogP contribution in [-0.4, -0.2) is 33.0 Å². The molecule has 0 aliphatic carbocycles. The molecule has 20 heavy (non-hydrogen) atoms. The predicted molar refractivity (Wildman–Crippen MR) is 76.9 cm³/mol. The van der Waals surface area contributed by atoms with Crippen molar-refractivity contribution in [1.29, 1.82) is 0 Å². The first-order valence-electron chi connectivity index (χ1n) is 6.18. The fourth-order valence-electron chi connectivity index (χ4n) is 2.12. The van der Waals surface area contributed by atoms with Crippen molar-refractivity contribution in [3.63, 3.8) is 0 Å². The molecular weight excluding hydrogens is 258 g/mol. The van der Waals surface area contributed by atoms with E-state index >= 15 is 0 Å². The van der Waals surface area contributed by atoms with E-state index in [1.807, 2.05) is 6.92 Å². The van der Waals surface area contributed by atoms with Crippen molar-refractivity contribution in [3.05, 3.63) is 23.3 Å². The fourth-order valence-corrected chi connectivity index (χ4v) is 2.12. The fraction of sp³-hybridized carbons (Fsp3) is 0.333. The van der Waals surface area contributed by atoms with Gasteiger partial charge in [-0.1, -0.05) is 0 Å². The number of carbonyl (C=O) groups excluding carboxylic acids is 1. The number of nitrogens with zero attached hydrogens (tertiary/aromatic N) is 1. The van der Waals surface area contributed by atoms with Crippen LogP contribution in [0.15, 0.2) is 22.7 Å². The van der Waals surface area contributed by atoms with Crippen molar-refractivity contribution < 1.29 is 19.0 Å². The summed E-state index contributed by atoms with van der Waals surface area (Å²) < 4.78 is 15.3. The molecule has 5 nitrogen and oxygen atoms in total. The monoisotopic (exact) mass is 275 g/mol. The Kier molecular flexibility index (Phi) is 4.08. The Bertz CT molecular complexity index is 602. The summed E-state index contributed by atoms with van der Waals surface area (Å²) in [6.45, 7) is 1.88. The molecule has 0 spiro atoms. The second-order valence-corrected chi connectivity index (χ2v) is 4.45. The lowest BCUT2D eigenvalue weighted by Crippen LogP contribution is -2.07. The van der Waals surface area contributed by atoms with Crippen LogP contribution in [0.1, 0.15) is 18.9 Å². The molecule has 0 atom stereocenters. The number of aliphatic imine (C=N–C) groups is 1. The molecule has 0 unspecified atom stereocenters. The van der Waals surface area contributed by atoms with Gasteiger partial charge in [-0.2, -0.15) is 0 Å². The standard InChI is InChI=1S/C15H17NO4/c1-9-5-11(15(17)20-4)6-10-7-13(18-2)14(19-3)8-12(10)16-9/h6-8H,5H2,1-4H3. The number of carbonyl (C=O) groups is 1. The van der Waals surface area contributed by atoms with Crippen molar-refractivity contribution in [2.75, 3.05) is 21.3 Å². The van der Waals surface area contributed by atoms with Crippen LogP contribution in [0, 0.1) is 0 Å². The Morgan fingerprint density at radius 2 is 1.80 bits per heavy atom. The number of esters is 1. The average molecular weight is 275 g/mol. The minimum Gasteiger partial charge on any atom is -0.493 e. The average Bonchev–Trinajstić information content (AvgIpc) is 2.62. The number of benzene rings is 1. The lowest BCUT2D eigenvalue weighted by Gasteiger charge is -2.10. The van der Waals surface area contributed by atoms with E-state index in [9.17, 15) is 4.79 Å². The molecule has 0 saturated carbocycles. The second kappa shape index (κ2) is 5.77. The summed E-state index contributed by atoms with van der Waals surface area (Å²) in [6.07, 6.45) is 2.25. The molecule has 1 aliphatic rings. The van der Waals surface area contributed by atoms with Crippen molar-refractivity contribution in [3.8, 4) is 11.5 Å². The minimum absolute atomic E-state index is 0.345. The van der Waals surface area contributed by atoms with E-state index in [1.165, 1.54) is 7.11 Å². The van der Waals surface area contributed by atoms with Crippen molar-refractivity contribution in [2.24, 2.45) is 4.99 Å². The van der Waals surface area contributed by atoms with Gasteiger partial charge in [0.05, 0.1) is 27.0 Å². The zero-order valence-electron chi connectivity index (χ0n) is 12.0. The third kappa shape index (κ3) is 2.66. The second-order valence-electron chi connectivity index (χ2n) is 4.45. The zero-order chi connectivity index (χ0) is 14.7. The SMILES string of the molecule is COC(=O)C1=Cc2cc(OC)c(OC)cc2N=C(C)C1. The quantitative estimate of drug-likeness (QED) is 0.796. The van der Waals surface area contributed by atoms with Crippen LogP contribution >= 0.6 is 0 Å². The summed E-state index contributed by atoms with van der Waals surface area (Å²) in [5.41, 5.74) is 2.96. The van der Waals surface area contributed by atoms with Gasteiger partial charge in [0.25, 0.3) is 0 Å². The number of hydrogen-bond donors (Lipinski definition) is 0. The third-order valence-electron chi connectivity index (χ3n) is 3.07. The molecule has 0 bridgehead atoms. The molecule has 5 heteroatoms. The summed E-state index contributed by atoms with van der Waals surface area (Å²) in [7, 11) is 4.52. The normalized spacial score (nSPS) is 13.6. The third-order valence-corrected chi connectivity index (χ3v) is 3.07. The molecule has 2 rings (SSSR count). The van der Waals surface area contributed by atoms with Crippen LogP contribution in [0.5, 0.6) is 11.5 Å². The largest absolute Gasteiger partial charge is 0.493 e. The Labute approximate surface area is 117 Å². The van der Waals surface area contributed by atoms with Crippen LogP contribution in [0.25, 0.3) is 6.08 Å². The highest BCUT2D eigenvalue weighted by Gasteiger charge is 2.18. The van der Waals surface area contributed by atoms with Gasteiger partial charge in [0.2, 0.25) is 0 Å². The summed E-state index contributed by atoms with van der Waals surface area (Å²) in [5.74, 6) is 0.862. The van der Waals surface area contributed by atoms with Gasteiger partial charge in [-0.3, -0.25) is 4.99 Å². The van der Waals surface area contributed by atoms with Gasteiger partial charge in [0, 0.05) is 29.3 Å². The van der Waals surface area contributed by atoms with E-state index in [4.69, 9.17) is 14.2 Å². The van der Waals surface area contributed by atoms with E-state index in [1.54, 1.807) is 32.4 Å². The van der Waals surface area contributed by atoms with Gasteiger partial charge in [-0.15, -0.1) is 0 Å². The van der Waals surface area contributed by atoms with Crippen LogP contribution < -0.4 is 9.47 Å². The molecular formula is C15H17NO4. The molecule has 1 aromatic carbocycles. The smallest absolute Gasteiger partial charge is 0.334 e. The molecule has 0 N–H and O–H groups in total. The van der Waals surface area contributed by atoms with Crippen LogP contribution in [0.3, 0.4) is 0 Å². The maximum absolute atomic E-state index is 11.8.